The molecule has 3 aliphatic heterocycles. The summed E-state index contributed by atoms with van der Waals surface area (Å²) in [5.41, 5.74) is 1.93. The lowest BCUT2D eigenvalue weighted by atomic mass is 9.82. The molecule has 49 heavy (non-hydrogen) atoms. The maximum atomic E-state index is 13.8. The van der Waals surface area contributed by atoms with Gasteiger partial charge in [-0.2, -0.15) is 13.2 Å². The van der Waals surface area contributed by atoms with Gasteiger partial charge in [-0.15, -0.1) is 0 Å². The van der Waals surface area contributed by atoms with E-state index in [0.717, 1.165) is 48.1 Å². The Kier molecular flexibility index (Phi) is 10.8. The number of aliphatic carboxylic acids is 1. The van der Waals surface area contributed by atoms with Crippen LogP contribution in [0.15, 0.2) is 115 Å². The van der Waals surface area contributed by atoms with Crippen molar-refractivity contribution in [1.82, 2.24) is 5.32 Å². The molecule has 0 unspecified atom stereocenters. The summed E-state index contributed by atoms with van der Waals surface area (Å²) in [6.07, 6.45) is -3.55. The molecular formula is C38H37F3N2O6. The van der Waals surface area contributed by atoms with E-state index in [1.165, 1.54) is 0 Å². The topological polar surface area (TPSA) is 116 Å². The number of esters is 1. The second-order valence-electron chi connectivity index (χ2n) is 12.4. The zero-order valence-electron chi connectivity index (χ0n) is 26.6. The van der Waals surface area contributed by atoms with Crippen molar-refractivity contribution in [2.24, 2.45) is 5.92 Å². The van der Waals surface area contributed by atoms with Crippen LogP contribution in [0.3, 0.4) is 0 Å². The van der Waals surface area contributed by atoms with E-state index in [0.29, 0.717) is 29.8 Å². The van der Waals surface area contributed by atoms with Crippen LogP contribution in [0, 0.1) is 5.92 Å². The van der Waals surface area contributed by atoms with Gasteiger partial charge in [-0.3, -0.25) is 4.79 Å². The van der Waals surface area contributed by atoms with Gasteiger partial charge in [-0.25, -0.2) is 4.79 Å². The van der Waals surface area contributed by atoms with Crippen molar-refractivity contribution >= 4 is 17.8 Å². The first-order chi connectivity index (χ1) is 23.4. The van der Waals surface area contributed by atoms with Gasteiger partial charge in [-0.1, -0.05) is 103 Å². The molecule has 2 bridgehead atoms. The average Bonchev–Trinajstić information content (AvgIpc) is 3.12. The Morgan fingerprint density at radius 1 is 0.776 bits per heavy atom. The van der Waals surface area contributed by atoms with Crippen LogP contribution >= 0.6 is 0 Å². The number of benzene rings is 4. The number of halogens is 3. The van der Waals surface area contributed by atoms with Crippen LogP contribution in [-0.4, -0.2) is 72.4 Å². The Hall–Kier alpha value is -5.00. The maximum absolute atomic E-state index is 13.8. The lowest BCUT2D eigenvalue weighted by molar-refractivity contribution is -0.945. The Morgan fingerprint density at radius 2 is 1.24 bits per heavy atom. The fourth-order valence-corrected chi connectivity index (χ4v) is 6.61. The molecule has 256 valence electrons. The lowest BCUT2D eigenvalue weighted by Gasteiger charge is -2.52. The van der Waals surface area contributed by atoms with Crippen LogP contribution < -0.4 is 10.4 Å². The summed E-state index contributed by atoms with van der Waals surface area (Å²) >= 11 is 0. The smallest absolute Gasteiger partial charge is 0.430 e. The lowest BCUT2D eigenvalue weighted by Crippen LogP contribution is -2.66. The van der Waals surface area contributed by atoms with Crippen molar-refractivity contribution in [3.8, 4) is 11.1 Å². The number of carboxylic acid groups (broad SMARTS) is 1. The summed E-state index contributed by atoms with van der Waals surface area (Å²) in [7, 11) is 0. The molecule has 2 N–H and O–H groups in total. The van der Waals surface area contributed by atoms with E-state index in [1.807, 2.05) is 78.9 Å². The zero-order valence-corrected chi connectivity index (χ0v) is 26.6. The first kappa shape index (κ1) is 35.3. The van der Waals surface area contributed by atoms with Gasteiger partial charge in [0.05, 0.1) is 26.2 Å². The minimum atomic E-state index is -5.19. The molecule has 8 nitrogen and oxygen atoms in total. The zero-order chi connectivity index (χ0) is 35.1. The number of amides is 1. The predicted molar refractivity (Wildman–Crippen MR) is 173 cm³/mol. The van der Waals surface area contributed by atoms with Gasteiger partial charge in [0.15, 0.2) is 6.10 Å². The van der Waals surface area contributed by atoms with Crippen molar-refractivity contribution < 1.29 is 47.0 Å². The fourth-order valence-electron chi connectivity index (χ4n) is 6.61. The summed E-state index contributed by atoms with van der Waals surface area (Å²) in [5.74, 6) is -3.45. The number of hydrogen-bond donors (Lipinski definition) is 2. The van der Waals surface area contributed by atoms with Gasteiger partial charge in [0.25, 0.3) is 5.91 Å². The van der Waals surface area contributed by atoms with Gasteiger partial charge in [0.2, 0.25) is 5.60 Å². The minimum Gasteiger partial charge on any atom is -0.542 e. The number of carboxylic acids is 1. The summed E-state index contributed by atoms with van der Waals surface area (Å²) in [4.78, 5) is 35.4. The van der Waals surface area contributed by atoms with Crippen LogP contribution in [0.5, 0.6) is 0 Å². The number of alkyl halides is 3. The number of aliphatic hydroxyl groups is 1. The Labute approximate surface area is 282 Å². The third-order valence-electron chi connectivity index (χ3n) is 9.34. The largest absolute Gasteiger partial charge is 0.542 e. The number of nitrogens with zero attached hydrogens (tertiary/aromatic N) is 1. The van der Waals surface area contributed by atoms with Crippen LogP contribution in [0.2, 0.25) is 0 Å². The number of ether oxygens (including phenoxy) is 1. The van der Waals surface area contributed by atoms with Gasteiger partial charge < -0.3 is 29.5 Å². The molecule has 1 atom stereocenters. The molecule has 1 amide bonds. The first-order valence-corrected chi connectivity index (χ1v) is 16.0. The summed E-state index contributed by atoms with van der Waals surface area (Å²) in [5, 5.41) is 23.7. The second kappa shape index (κ2) is 15.0. The van der Waals surface area contributed by atoms with Crippen molar-refractivity contribution in [2.75, 3.05) is 32.7 Å². The molecule has 11 heteroatoms. The van der Waals surface area contributed by atoms with Crippen molar-refractivity contribution in [2.45, 2.75) is 30.7 Å². The molecule has 0 radical (unpaired) electrons. The van der Waals surface area contributed by atoms with Crippen molar-refractivity contribution in [3.05, 3.63) is 132 Å². The van der Waals surface area contributed by atoms with Crippen LogP contribution in [0.1, 0.15) is 34.3 Å². The number of nitrogens with one attached hydrogen (secondary N) is 1. The number of carbonyl (C=O) groups is 3. The van der Waals surface area contributed by atoms with E-state index in [9.17, 15) is 27.9 Å². The highest BCUT2D eigenvalue weighted by molar-refractivity contribution is 5.94. The number of rotatable bonds is 9. The van der Waals surface area contributed by atoms with Gasteiger partial charge in [-0.05, 0) is 34.4 Å². The van der Waals surface area contributed by atoms with Gasteiger partial charge in [0, 0.05) is 24.3 Å². The minimum absolute atomic E-state index is 0.0847. The third-order valence-corrected chi connectivity index (χ3v) is 9.34. The highest BCUT2D eigenvalue weighted by Gasteiger charge is 2.50. The van der Waals surface area contributed by atoms with Crippen LogP contribution in [-0.2, 0) is 19.9 Å². The molecule has 0 spiro atoms. The third kappa shape index (κ3) is 8.36. The SMILES string of the molecule is O=C(NCC[N+]12CCC(CC1)[C@@H](OC(=O)C(O)(c1ccccc1)c1ccccc1)C2)c1ccc(-c2ccccc2)cc1.O=C([O-])C(F)(F)F. The first-order valence-electron chi connectivity index (χ1n) is 16.0. The predicted octanol–water partition coefficient (Wildman–Crippen LogP) is 4.47. The highest BCUT2D eigenvalue weighted by Crippen LogP contribution is 2.38. The number of hydrogen-bond acceptors (Lipinski definition) is 6. The normalized spacial score (nSPS) is 20.0. The van der Waals surface area contributed by atoms with Crippen LogP contribution in [0.25, 0.3) is 11.1 Å². The van der Waals surface area contributed by atoms with Crippen molar-refractivity contribution in [3.63, 3.8) is 0 Å². The van der Waals surface area contributed by atoms with Crippen LogP contribution in [0.4, 0.5) is 13.2 Å². The standard InChI is InChI=1S/C36H36N2O4.C2HF3O2/c39-34(30-18-16-28(17-19-30)27-10-4-1-5-11-27)37-22-25-38-23-20-29(21-24-38)33(26-38)42-35(40)36(41,31-12-6-2-7-13-31)32-14-8-3-9-15-32;3-2(4,5)1(6)7/h1-19,29,33,41H,20-26H2;(H,6,7)/t29?,33-,38?;/m0./s1. The summed E-state index contributed by atoms with van der Waals surface area (Å²) in [6, 6.07) is 35.8. The Morgan fingerprint density at radius 3 is 1.73 bits per heavy atom. The molecule has 0 saturated carbocycles. The molecule has 3 heterocycles. The number of fused-ring (bicyclic) bond motifs is 3. The molecule has 3 aliphatic rings. The molecule has 0 aliphatic carbocycles. The maximum Gasteiger partial charge on any atom is 0.430 e. The fraction of sp³-hybridized carbons (Fsp3) is 0.289. The van der Waals surface area contributed by atoms with E-state index in [1.54, 1.807) is 24.3 Å². The highest BCUT2D eigenvalue weighted by atomic mass is 19.4. The number of carbonyl (C=O) groups excluding carboxylic acids is 3. The average molecular weight is 675 g/mol. The Balaban J connectivity index is 0.000000606. The molecule has 7 rings (SSSR count). The van der Waals surface area contributed by atoms with E-state index in [4.69, 9.17) is 14.6 Å². The van der Waals surface area contributed by atoms with E-state index in [2.05, 4.69) is 17.4 Å². The van der Waals surface area contributed by atoms with E-state index >= 15 is 0 Å². The summed E-state index contributed by atoms with van der Waals surface area (Å²) in [6.45, 7) is 4.01. The van der Waals surface area contributed by atoms with Gasteiger partial charge in [0.1, 0.15) is 12.5 Å². The van der Waals surface area contributed by atoms with Gasteiger partial charge >= 0.3 is 12.1 Å². The molecule has 3 fully saturated rings. The molecule has 4 aromatic rings. The number of quaternary nitrogens is 1. The molecular weight excluding hydrogens is 637 g/mol. The quantitative estimate of drug-likeness (QED) is 0.200. The molecule has 4 aromatic carbocycles. The van der Waals surface area contributed by atoms with Crippen molar-refractivity contribution in [1.29, 1.82) is 0 Å². The number of piperidine rings is 3. The molecule has 0 aromatic heterocycles. The Bertz CT molecular complexity index is 1670. The second-order valence-corrected chi connectivity index (χ2v) is 12.4. The summed E-state index contributed by atoms with van der Waals surface area (Å²) < 4.78 is 38.5. The van der Waals surface area contributed by atoms with E-state index < -0.39 is 23.7 Å². The molecule has 3 saturated heterocycles. The monoisotopic (exact) mass is 674 g/mol. The van der Waals surface area contributed by atoms with E-state index in [-0.39, 0.29) is 17.9 Å².